The van der Waals surface area contributed by atoms with Crippen molar-refractivity contribution in [3.8, 4) is 0 Å². The molecule has 0 bridgehead atoms. The van der Waals surface area contributed by atoms with Gasteiger partial charge >= 0.3 is 6.18 Å². The summed E-state index contributed by atoms with van der Waals surface area (Å²) in [6.45, 7) is 6.60. The first-order valence-electron chi connectivity index (χ1n) is 7.17. The lowest BCUT2D eigenvalue weighted by atomic mass is 9.80. The van der Waals surface area contributed by atoms with Gasteiger partial charge in [-0.1, -0.05) is 32.4 Å². The lowest BCUT2D eigenvalue weighted by Crippen LogP contribution is -2.51. The van der Waals surface area contributed by atoms with Gasteiger partial charge in [-0.05, 0) is 24.3 Å². The molecule has 0 amide bonds. The van der Waals surface area contributed by atoms with Gasteiger partial charge in [-0.2, -0.15) is 13.2 Å². The van der Waals surface area contributed by atoms with Gasteiger partial charge in [0.15, 0.2) is 0 Å². The molecule has 1 aromatic heterocycles. The molecule has 1 aliphatic heterocycles. The van der Waals surface area contributed by atoms with Crippen LogP contribution in [0.2, 0.25) is 5.02 Å². The van der Waals surface area contributed by atoms with E-state index in [2.05, 4.69) is 4.98 Å². The largest absolute Gasteiger partial charge is 0.417 e. The van der Waals surface area contributed by atoms with Crippen LogP contribution in [0.1, 0.15) is 39.2 Å². The summed E-state index contributed by atoms with van der Waals surface area (Å²) in [4.78, 5) is 5.86. The van der Waals surface area contributed by atoms with Crippen molar-refractivity contribution in [3.05, 3.63) is 22.8 Å². The van der Waals surface area contributed by atoms with Crippen LogP contribution < -0.4 is 4.90 Å². The topological polar surface area (TPSA) is 36.4 Å². The lowest BCUT2D eigenvalue weighted by molar-refractivity contribution is -0.137. The van der Waals surface area contributed by atoms with Gasteiger partial charge in [-0.25, -0.2) is 4.98 Å². The monoisotopic (exact) mass is 336 g/mol. The molecule has 1 saturated heterocycles. The molecule has 0 aliphatic carbocycles. The highest BCUT2D eigenvalue weighted by molar-refractivity contribution is 6.33. The maximum absolute atomic E-state index is 12.7. The number of pyridine rings is 1. The number of hydrogen-bond acceptors (Lipinski definition) is 3. The fourth-order valence-corrected chi connectivity index (χ4v) is 3.09. The van der Waals surface area contributed by atoms with E-state index in [1.807, 2.05) is 25.7 Å². The number of anilines is 1. The van der Waals surface area contributed by atoms with E-state index >= 15 is 0 Å². The number of nitrogens with zero attached hydrogens (tertiary/aromatic N) is 2. The molecule has 0 radical (unpaired) electrons. The highest BCUT2D eigenvalue weighted by atomic mass is 35.5. The molecular formula is C15H20ClF3N2O. The van der Waals surface area contributed by atoms with Crippen LogP contribution in [0.15, 0.2) is 12.3 Å². The Balaban J connectivity index is 2.37. The lowest BCUT2D eigenvalue weighted by Gasteiger charge is -2.45. The summed E-state index contributed by atoms with van der Waals surface area (Å²) >= 11 is 6.05. The fraction of sp³-hybridized carbons (Fsp3) is 0.667. The second-order valence-corrected chi connectivity index (χ2v) is 7.19. The Morgan fingerprint density at radius 3 is 2.45 bits per heavy atom. The van der Waals surface area contributed by atoms with Gasteiger partial charge in [0.1, 0.15) is 5.82 Å². The highest BCUT2D eigenvalue weighted by Gasteiger charge is 2.38. The Kier molecular flexibility index (Phi) is 4.64. The van der Waals surface area contributed by atoms with Gasteiger partial charge in [0.05, 0.1) is 16.7 Å². The van der Waals surface area contributed by atoms with Crippen molar-refractivity contribution in [1.82, 2.24) is 4.98 Å². The Morgan fingerprint density at radius 2 is 1.95 bits per heavy atom. The van der Waals surface area contributed by atoms with Crippen LogP contribution >= 0.6 is 11.6 Å². The van der Waals surface area contributed by atoms with Crippen molar-refractivity contribution in [2.24, 2.45) is 5.41 Å². The third-order valence-electron chi connectivity index (χ3n) is 4.00. The van der Waals surface area contributed by atoms with E-state index in [4.69, 9.17) is 11.6 Å². The summed E-state index contributed by atoms with van der Waals surface area (Å²) in [5, 5.41) is 9.89. The van der Waals surface area contributed by atoms with Crippen LogP contribution in [0.5, 0.6) is 0 Å². The van der Waals surface area contributed by atoms with Crippen LogP contribution in [0.3, 0.4) is 0 Å². The Hall–Kier alpha value is -1.01. The summed E-state index contributed by atoms with van der Waals surface area (Å²) in [7, 11) is 0. The molecule has 2 atom stereocenters. The molecule has 1 unspecified atom stereocenters. The van der Waals surface area contributed by atoms with E-state index in [1.165, 1.54) is 0 Å². The summed E-state index contributed by atoms with van der Waals surface area (Å²) in [5.74, 6) is 0.349. The van der Waals surface area contributed by atoms with Crippen LogP contribution in [-0.4, -0.2) is 28.8 Å². The second-order valence-electron chi connectivity index (χ2n) is 6.78. The number of aliphatic hydroxyl groups is 1. The van der Waals surface area contributed by atoms with E-state index in [1.54, 1.807) is 0 Å². The third kappa shape index (κ3) is 3.66. The molecule has 1 aliphatic rings. The molecule has 2 rings (SSSR count). The first-order chi connectivity index (χ1) is 10.00. The minimum atomic E-state index is -4.46. The number of hydrogen-bond donors (Lipinski definition) is 1. The summed E-state index contributed by atoms with van der Waals surface area (Å²) in [6, 6.07) is 0.868. The SMILES string of the molecule is CC(C)(C)C1C[C@@H](O)CCN1c1ncc(C(F)(F)F)cc1Cl. The van der Waals surface area contributed by atoms with Crippen molar-refractivity contribution in [1.29, 1.82) is 0 Å². The number of rotatable bonds is 1. The first-order valence-corrected chi connectivity index (χ1v) is 7.55. The molecule has 0 aromatic carbocycles. The molecule has 7 heteroatoms. The molecule has 1 N–H and O–H groups in total. The van der Waals surface area contributed by atoms with E-state index < -0.39 is 17.8 Å². The minimum Gasteiger partial charge on any atom is -0.393 e. The maximum Gasteiger partial charge on any atom is 0.417 e. The van der Waals surface area contributed by atoms with Gasteiger partial charge in [0.25, 0.3) is 0 Å². The maximum atomic E-state index is 12.7. The van der Waals surface area contributed by atoms with Gasteiger partial charge in [-0.3, -0.25) is 0 Å². The molecule has 3 nitrogen and oxygen atoms in total. The van der Waals surface area contributed by atoms with E-state index in [0.29, 0.717) is 25.2 Å². The highest BCUT2D eigenvalue weighted by Crippen LogP contribution is 2.39. The minimum absolute atomic E-state index is 0.0135. The van der Waals surface area contributed by atoms with Crippen molar-refractivity contribution < 1.29 is 18.3 Å². The molecule has 2 heterocycles. The predicted octanol–water partition coefficient (Wildman–Crippen LogP) is 4.13. The van der Waals surface area contributed by atoms with Crippen LogP contribution in [-0.2, 0) is 6.18 Å². The summed E-state index contributed by atoms with van der Waals surface area (Å²) < 4.78 is 38.1. The number of aliphatic hydroxyl groups excluding tert-OH is 1. The van der Waals surface area contributed by atoms with Gasteiger partial charge < -0.3 is 10.0 Å². The second kappa shape index (κ2) is 5.89. The Bertz CT molecular complexity index is 543. The van der Waals surface area contributed by atoms with Gasteiger partial charge in [0.2, 0.25) is 0 Å². The normalized spacial score (nSPS) is 23.7. The third-order valence-corrected chi connectivity index (χ3v) is 4.27. The number of piperidine rings is 1. The summed E-state index contributed by atoms with van der Waals surface area (Å²) in [6.07, 6.45) is -2.97. The van der Waals surface area contributed by atoms with Crippen LogP contribution in [0, 0.1) is 5.41 Å². The summed E-state index contributed by atoms with van der Waals surface area (Å²) in [5.41, 5.74) is -1.01. The quantitative estimate of drug-likeness (QED) is 0.837. The molecule has 124 valence electrons. The van der Waals surface area contributed by atoms with Crippen molar-refractivity contribution >= 4 is 17.4 Å². The standard InChI is InChI=1S/C15H20ClF3N2O/c1-14(2,3)12-7-10(22)4-5-21(12)13-11(16)6-9(8-20-13)15(17,18)19/h6,8,10,12,22H,4-5,7H2,1-3H3/t10-,12?/m0/s1. The number of aromatic nitrogens is 1. The number of halogens is 4. The molecule has 1 fully saturated rings. The van der Waals surface area contributed by atoms with E-state index in [-0.39, 0.29) is 16.5 Å². The molecule has 1 aromatic rings. The fourth-order valence-electron chi connectivity index (χ4n) is 2.82. The van der Waals surface area contributed by atoms with Crippen LogP contribution in [0.4, 0.5) is 19.0 Å². The average Bonchev–Trinajstić information content (AvgIpc) is 2.37. The average molecular weight is 337 g/mol. The number of alkyl halides is 3. The van der Waals surface area contributed by atoms with Gasteiger partial charge in [-0.15, -0.1) is 0 Å². The molecule has 0 spiro atoms. The Labute approximate surface area is 133 Å². The van der Waals surface area contributed by atoms with E-state index in [9.17, 15) is 18.3 Å². The smallest absolute Gasteiger partial charge is 0.393 e. The van der Waals surface area contributed by atoms with Crippen molar-refractivity contribution in [2.45, 2.75) is 51.9 Å². The molecular weight excluding hydrogens is 317 g/mol. The van der Waals surface area contributed by atoms with Gasteiger partial charge in [0, 0.05) is 18.8 Å². The molecule has 0 saturated carbocycles. The van der Waals surface area contributed by atoms with Crippen molar-refractivity contribution in [3.63, 3.8) is 0 Å². The zero-order valence-electron chi connectivity index (χ0n) is 12.8. The molecule has 22 heavy (non-hydrogen) atoms. The van der Waals surface area contributed by atoms with Crippen LogP contribution in [0.25, 0.3) is 0 Å². The van der Waals surface area contributed by atoms with Crippen molar-refractivity contribution in [2.75, 3.05) is 11.4 Å². The van der Waals surface area contributed by atoms with E-state index in [0.717, 1.165) is 12.3 Å². The zero-order valence-corrected chi connectivity index (χ0v) is 13.5. The first kappa shape index (κ1) is 17.3. The zero-order chi connectivity index (χ0) is 16.7. The predicted molar refractivity (Wildman–Crippen MR) is 80.1 cm³/mol. The Morgan fingerprint density at radius 1 is 1.32 bits per heavy atom.